The van der Waals surface area contributed by atoms with Gasteiger partial charge in [-0.15, -0.1) is 0 Å². The molecule has 0 bridgehead atoms. The van der Waals surface area contributed by atoms with Crippen molar-refractivity contribution in [2.45, 2.75) is 39.1 Å². The number of aryl methyl sites for hydroxylation is 3. The number of aromatic nitrogens is 4. The highest BCUT2D eigenvalue weighted by Crippen LogP contribution is 2.27. The average Bonchev–Trinajstić information content (AvgIpc) is 3.04. The molecule has 0 aliphatic carbocycles. The first-order chi connectivity index (χ1) is 13.1. The molecule has 0 spiro atoms. The van der Waals surface area contributed by atoms with Crippen LogP contribution in [0.5, 0.6) is 5.75 Å². The highest BCUT2D eigenvalue weighted by atomic mass is 32.2. The zero-order valence-electron chi connectivity index (χ0n) is 16.9. The Morgan fingerprint density at radius 1 is 1.07 bits per heavy atom. The molecular formula is C19H25N5O3S. The summed E-state index contributed by atoms with van der Waals surface area (Å²) in [6.07, 6.45) is 0. The third-order valence-corrected chi connectivity index (χ3v) is 6.40. The van der Waals surface area contributed by atoms with Crippen molar-refractivity contribution < 1.29 is 13.2 Å². The number of nitrogens with zero attached hydrogens (tertiary/aromatic N) is 4. The van der Waals surface area contributed by atoms with Gasteiger partial charge in [-0.2, -0.15) is 10.2 Å². The maximum atomic E-state index is 13.0. The van der Waals surface area contributed by atoms with Gasteiger partial charge in [-0.3, -0.25) is 14.1 Å². The van der Waals surface area contributed by atoms with E-state index in [1.165, 1.54) is 0 Å². The van der Waals surface area contributed by atoms with Gasteiger partial charge in [0.05, 0.1) is 42.1 Å². The molecule has 9 heteroatoms. The molecule has 3 aromatic rings. The summed E-state index contributed by atoms with van der Waals surface area (Å²) in [6, 6.07) is 7.70. The molecule has 8 nitrogen and oxygen atoms in total. The molecule has 0 unspecified atom stereocenters. The molecule has 2 heterocycles. The second-order valence-corrected chi connectivity index (χ2v) is 8.40. The molecule has 3 rings (SSSR count). The van der Waals surface area contributed by atoms with E-state index in [0.29, 0.717) is 29.3 Å². The van der Waals surface area contributed by atoms with E-state index in [2.05, 4.69) is 14.9 Å². The van der Waals surface area contributed by atoms with Crippen LogP contribution in [-0.4, -0.2) is 35.1 Å². The molecule has 0 fully saturated rings. The third-order valence-electron chi connectivity index (χ3n) is 4.80. The smallest absolute Gasteiger partial charge is 0.265 e. The van der Waals surface area contributed by atoms with Crippen molar-refractivity contribution in [3.05, 3.63) is 52.6 Å². The van der Waals surface area contributed by atoms with Crippen molar-refractivity contribution >= 4 is 15.7 Å². The number of hydrogen-bond acceptors (Lipinski definition) is 5. The zero-order valence-corrected chi connectivity index (χ0v) is 17.8. The lowest BCUT2D eigenvalue weighted by Gasteiger charge is -2.10. The average molecular weight is 404 g/mol. The van der Waals surface area contributed by atoms with Gasteiger partial charge in [0.15, 0.2) is 0 Å². The molecule has 1 N–H and O–H groups in total. The van der Waals surface area contributed by atoms with Gasteiger partial charge in [-0.05, 0) is 45.4 Å². The number of benzene rings is 1. The summed E-state index contributed by atoms with van der Waals surface area (Å²) in [5.41, 5.74) is 3.91. The van der Waals surface area contributed by atoms with Crippen molar-refractivity contribution in [2.75, 3.05) is 11.8 Å². The van der Waals surface area contributed by atoms with E-state index in [-0.39, 0.29) is 4.90 Å². The van der Waals surface area contributed by atoms with Crippen molar-refractivity contribution in [3.63, 3.8) is 0 Å². The van der Waals surface area contributed by atoms with Crippen LogP contribution in [0.1, 0.15) is 28.3 Å². The van der Waals surface area contributed by atoms with E-state index in [4.69, 9.17) is 4.74 Å². The molecule has 28 heavy (non-hydrogen) atoms. The normalized spacial score (nSPS) is 11.6. The van der Waals surface area contributed by atoms with E-state index >= 15 is 0 Å². The quantitative estimate of drug-likeness (QED) is 0.683. The van der Waals surface area contributed by atoms with Crippen LogP contribution in [0.2, 0.25) is 0 Å². The summed E-state index contributed by atoms with van der Waals surface area (Å²) in [4.78, 5) is 0.203. The van der Waals surface area contributed by atoms with Crippen molar-refractivity contribution in [2.24, 2.45) is 7.05 Å². The Kier molecular flexibility index (Phi) is 5.20. The Morgan fingerprint density at radius 2 is 1.79 bits per heavy atom. The molecule has 0 saturated carbocycles. The van der Waals surface area contributed by atoms with E-state index in [0.717, 1.165) is 17.0 Å². The van der Waals surface area contributed by atoms with Gasteiger partial charge in [-0.1, -0.05) is 12.1 Å². The first-order valence-electron chi connectivity index (χ1n) is 8.84. The molecule has 0 amide bonds. The van der Waals surface area contributed by atoms with Crippen molar-refractivity contribution in [1.29, 1.82) is 0 Å². The maximum Gasteiger partial charge on any atom is 0.265 e. The summed E-state index contributed by atoms with van der Waals surface area (Å²) in [7, 11) is -0.427. The Hall–Kier alpha value is -2.81. The van der Waals surface area contributed by atoms with E-state index in [9.17, 15) is 8.42 Å². The summed E-state index contributed by atoms with van der Waals surface area (Å²) in [5, 5.41) is 8.72. The highest BCUT2D eigenvalue weighted by Gasteiger charge is 2.26. The molecule has 2 aromatic heterocycles. The van der Waals surface area contributed by atoms with Crippen LogP contribution in [0.15, 0.2) is 29.2 Å². The van der Waals surface area contributed by atoms with E-state index in [1.54, 1.807) is 44.3 Å². The number of nitrogens with one attached hydrogen (secondary N) is 1. The molecule has 0 radical (unpaired) electrons. The van der Waals surface area contributed by atoms with Crippen LogP contribution < -0.4 is 9.46 Å². The van der Waals surface area contributed by atoms with Gasteiger partial charge < -0.3 is 4.74 Å². The van der Waals surface area contributed by atoms with Gasteiger partial charge in [-0.25, -0.2) is 8.42 Å². The van der Waals surface area contributed by atoms with E-state index < -0.39 is 10.0 Å². The minimum absolute atomic E-state index is 0.203. The number of ether oxygens (including phenoxy) is 1. The summed E-state index contributed by atoms with van der Waals surface area (Å²) < 4.78 is 37.3. The zero-order chi connectivity index (χ0) is 20.6. The Morgan fingerprint density at radius 3 is 2.39 bits per heavy atom. The first kappa shape index (κ1) is 19.9. The molecule has 0 aliphatic rings. The fourth-order valence-corrected chi connectivity index (χ4v) is 4.89. The second kappa shape index (κ2) is 7.31. The fraction of sp³-hybridized carbons (Fsp3) is 0.368. The lowest BCUT2D eigenvalue weighted by molar-refractivity contribution is 0.414. The third kappa shape index (κ3) is 3.62. The number of anilines is 1. The number of sulfonamides is 1. The Labute approximate surface area is 165 Å². The van der Waals surface area contributed by atoms with Gasteiger partial charge in [0, 0.05) is 7.05 Å². The maximum absolute atomic E-state index is 13.0. The number of methoxy groups -OCH3 is 1. The van der Waals surface area contributed by atoms with Crippen LogP contribution >= 0.6 is 0 Å². The number of rotatable bonds is 6. The van der Waals surface area contributed by atoms with Crippen LogP contribution in [0.4, 0.5) is 5.69 Å². The largest absolute Gasteiger partial charge is 0.497 e. The monoisotopic (exact) mass is 403 g/mol. The van der Waals surface area contributed by atoms with Crippen LogP contribution in [-0.2, 0) is 23.6 Å². The molecule has 0 atom stereocenters. The van der Waals surface area contributed by atoms with Crippen LogP contribution in [0.25, 0.3) is 0 Å². The summed E-state index contributed by atoms with van der Waals surface area (Å²) in [5.74, 6) is 0.766. The SMILES string of the molecule is COc1cccc(Cn2nc(C)c(NS(=O)(=O)c3c(C)nn(C)c3C)c2C)c1. The van der Waals surface area contributed by atoms with Crippen molar-refractivity contribution in [3.8, 4) is 5.75 Å². The predicted molar refractivity (Wildman–Crippen MR) is 107 cm³/mol. The standard InChI is InChI=1S/C19H25N5O3S/c1-12-18(22-28(25,26)19-13(2)20-23(5)15(19)4)14(3)24(21-12)11-16-8-7-9-17(10-16)27-6/h7-10,22H,11H2,1-6H3. The van der Waals surface area contributed by atoms with Crippen LogP contribution in [0, 0.1) is 27.7 Å². The molecule has 0 aliphatic heterocycles. The summed E-state index contributed by atoms with van der Waals surface area (Å²) >= 11 is 0. The number of hydrogen-bond donors (Lipinski definition) is 1. The van der Waals surface area contributed by atoms with Gasteiger partial charge in [0.1, 0.15) is 10.6 Å². The molecular weight excluding hydrogens is 378 g/mol. The van der Waals surface area contributed by atoms with Crippen molar-refractivity contribution in [1.82, 2.24) is 19.6 Å². The van der Waals surface area contributed by atoms with Gasteiger partial charge in [0.25, 0.3) is 10.0 Å². The Balaban J connectivity index is 1.93. The minimum atomic E-state index is -3.78. The highest BCUT2D eigenvalue weighted by molar-refractivity contribution is 7.92. The van der Waals surface area contributed by atoms with Gasteiger partial charge >= 0.3 is 0 Å². The van der Waals surface area contributed by atoms with Gasteiger partial charge in [0.2, 0.25) is 0 Å². The van der Waals surface area contributed by atoms with E-state index in [1.807, 2.05) is 31.2 Å². The molecule has 0 saturated heterocycles. The first-order valence-corrected chi connectivity index (χ1v) is 10.3. The Bertz CT molecular complexity index is 1130. The molecule has 150 valence electrons. The molecule has 1 aromatic carbocycles. The lowest BCUT2D eigenvalue weighted by atomic mass is 10.2. The minimum Gasteiger partial charge on any atom is -0.497 e. The summed E-state index contributed by atoms with van der Waals surface area (Å²) in [6.45, 7) is 7.57. The topological polar surface area (TPSA) is 91.0 Å². The fourth-order valence-electron chi connectivity index (χ4n) is 3.27. The predicted octanol–water partition coefficient (Wildman–Crippen LogP) is 2.71. The second-order valence-electron chi connectivity index (χ2n) is 6.78. The van der Waals surface area contributed by atoms with Crippen LogP contribution in [0.3, 0.4) is 0 Å². The lowest BCUT2D eigenvalue weighted by Crippen LogP contribution is -2.16.